The molecule has 1 aliphatic rings. The van der Waals surface area contributed by atoms with Crippen molar-refractivity contribution < 1.29 is 4.84 Å². The Bertz CT molecular complexity index is 118. The average molecular weight is 149 g/mol. The predicted octanol–water partition coefficient (Wildman–Crippen LogP) is 0.790. The van der Waals surface area contributed by atoms with Gasteiger partial charge in [-0.15, -0.1) is 0 Å². The SMILES string of the molecule is CON1CC=CN(Cl)C1. The Kier molecular flexibility index (Phi) is 2.33. The van der Waals surface area contributed by atoms with Gasteiger partial charge in [0, 0.05) is 24.5 Å². The second-order valence-corrected chi connectivity index (χ2v) is 2.21. The smallest absolute Gasteiger partial charge is 0.110 e. The van der Waals surface area contributed by atoms with Crippen molar-refractivity contribution in [1.29, 1.82) is 0 Å². The Morgan fingerprint density at radius 1 is 1.67 bits per heavy atom. The molecule has 0 aromatic rings. The summed E-state index contributed by atoms with van der Waals surface area (Å²) in [4.78, 5) is 4.92. The molecular weight excluding hydrogens is 140 g/mol. The molecule has 1 heterocycles. The molecule has 0 aliphatic carbocycles. The van der Waals surface area contributed by atoms with Gasteiger partial charge in [-0.05, 0) is 0 Å². The molecule has 0 aromatic heterocycles. The zero-order valence-electron chi connectivity index (χ0n) is 5.25. The third kappa shape index (κ3) is 1.86. The highest BCUT2D eigenvalue weighted by atomic mass is 35.5. The van der Waals surface area contributed by atoms with Crippen molar-refractivity contribution in [2.75, 3.05) is 20.3 Å². The summed E-state index contributed by atoms with van der Waals surface area (Å²) in [6, 6.07) is 0. The first-order chi connectivity index (χ1) is 4.33. The van der Waals surface area contributed by atoms with Crippen molar-refractivity contribution in [3.63, 3.8) is 0 Å². The third-order valence-corrected chi connectivity index (χ3v) is 1.35. The van der Waals surface area contributed by atoms with Crippen LogP contribution in [0.2, 0.25) is 0 Å². The van der Waals surface area contributed by atoms with E-state index >= 15 is 0 Å². The third-order valence-electron chi connectivity index (χ3n) is 1.13. The molecule has 1 aliphatic heterocycles. The van der Waals surface area contributed by atoms with Crippen molar-refractivity contribution in [3.05, 3.63) is 12.3 Å². The van der Waals surface area contributed by atoms with Crippen LogP contribution >= 0.6 is 11.8 Å². The van der Waals surface area contributed by atoms with E-state index in [0.717, 1.165) is 6.54 Å². The van der Waals surface area contributed by atoms with Crippen LogP contribution in [-0.4, -0.2) is 29.8 Å². The molecule has 3 nitrogen and oxygen atoms in total. The molecule has 0 saturated heterocycles. The van der Waals surface area contributed by atoms with E-state index < -0.39 is 0 Å². The summed E-state index contributed by atoms with van der Waals surface area (Å²) in [7, 11) is 1.63. The van der Waals surface area contributed by atoms with Crippen LogP contribution in [0.1, 0.15) is 0 Å². The second kappa shape index (κ2) is 3.06. The van der Waals surface area contributed by atoms with Gasteiger partial charge in [0.05, 0.1) is 7.11 Å². The van der Waals surface area contributed by atoms with Crippen LogP contribution in [0.25, 0.3) is 0 Å². The van der Waals surface area contributed by atoms with E-state index in [0.29, 0.717) is 6.67 Å². The van der Waals surface area contributed by atoms with Gasteiger partial charge in [0.2, 0.25) is 0 Å². The molecule has 52 valence electrons. The van der Waals surface area contributed by atoms with E-state index in [1.165, 1.54) is 4.42 Å². The molecule has 9 heavy (non-hydrogen) atoms. The van der Waals surface area contributed by atoms with Crippen molar-refractivity contribution >= 4 is 11.8 Å². The maximum Gasteiger partial charge on any atom is 0.110 e. The van der Waals surface area contributed by atoms with E-state index in [1.807, 2.05) is 12.3 Å². The molecule has 0 amide bonds. The Morgan fingerprint density at radius 3 is 2.89 bits per heavy atom. The predicted molar refractivity (Wildman–Crippen MR) is 35.4 cm³/mol. The second-order valence-electron chi connectivity index (χ2n) is 1.77. The Labute approximate surface area is 59.5 Å². The fourth-order valence-corrected chi connectivity index (χ4v) is 0.866. The summed E-state index contributed by atoms with van der Waals surface area (Å²) in [5.41, 5.74) is 0. The first kappa shape index (κ1) is 6.86. The highest BCUT2D eigenvalue weighted by Gasteiger charge is 2.07. The highest BCUT2D eigenvalue weighted by molar-refractivity contribution is 6.14. The summed E-state index contributed by atoms with van der Waals surface area (Å²) in [5.74, 6) is 0. The Balaban J connectivity index is 2.38. The summed E-state index contributed by atoms with van der Waals surface area (Å²) >= 11 is 5.61. The topological polar surface area (TPSA) is 15.7 Å². The zero-order valence-corrected chi connectivity index (χ0v) is 6.01. The number of nitrogens with zero attached hydrogens (tertiary/aromatic N) is 2. The minimum atomic E-state index is 0.620. The summed E-state index contributed by atoms with van der Waals surface area (Å²) in [6.45, 7) is 1.42. The fourth-order valence-electron chi connectivity index (χ4n) is 0.667. The van der Waals surface area contributed by atoms with Gasteiger partial charge in [-0.1, -0.05) is 6.08 Å². The highest BCUT2D eigenvalue weighted by Crippen LogP contribution is 2.04. The van der Waals surface area contributed by atoms with Crippen molar-refractivity contribution in [2.24, 2.45) is 0 Å². The number of halogens is 1. The lowest BCUT2D eigenvalue weighted by atomic mass is 10.5. The minimum absolute atomic E-state index is 0.620. The molecule has 4 heteroatoms. The Morgan fingerprint density at radius 2 is 2.44 bits per heavy atom. The lowest BCUT2D eigenvalue weighted by Gasteiger charge is -2.25. The van der Waals surface area contributed by atoms with E-state index in [4.69, 9.17) is 16.6 Å². The van der Waals surface area contributed by atoms with Crippen molar-refractivity contribution in [3.8, 4) is 0 Å². The average Bonchev–Trinajstić information content (AvgIpc) is 1.88. The fraction of sp³-hybridized carbons (Fsp3) is 0.600. The first-order valence-corrected chi connectivity index (χ1v) is 3.05. The van der Waals surface area contributed by atoms with E-state index in [1.54, 1.807) is 12.2 Å². The molecule has 0 fully saturated rings. The minimum Gasteiger partial charge on any atom is -0.300 e. The van der Waals surface area contributed by atoms with Gasteiger partial charge in [-0.3, -0.25) is 4.42 Å². The van der Waals surface area contributed by atoms with E-state index in [2.05, 4.69) is 0 Å². The maximum absolute atomic E-state index is 5.61. The molecule has 0 N–H and O–H groups in total. The first-order valence-electron chi connectivity index (χ1n) is 2.71. The summed E-state index contributed by atoms with van der Waals surface area (Å²) in [6.07, 6.45) is 3.75. The van der Waals surface area contributed by atoms with Crippen molar-refractivity contribution in [2.45, 2.75) is 0 Å². The van der Waals surface area contributed by atoms with Gasteiger partial charge in [-0.25, -0.2) is 0 Å². The van der Waals surface area contributed by atoms with Gasteiger partial charge in [-0.2, -0.15) is 5.06 Å². The van der Waals surface area contributed by atoms with Crippen LogP contribution < -0.4 is 0 Å². The van der Waals surface area contributed by atoms with Crippen LogP contribution in [0.3, 0.4) is 0 Å². The molecule has 0 unspecified atom stereocenters. The van der Waals surface area contributed by atoms with Crippen LogP contribution in [0.15, 0.2) is 12.3 Å². The normalized spacial score (nSPS) is 20.9. The Hall–Kier alpha value is -0.250. The van der Waals surface area contributed by atoms with E-state index in [9.17, 15) is 0 Å². The van der Waals surface area contributed by atoms with Crippen LogP contribution in [0.4, 0.5) is 0 Å². The van der Waals surface area contributed by atoms with Gasteiger partial charge < -0.3 is 4.84 Å². The molecule has 1 rings (SSSR count). The monoisotopic (exact) mass is 148 g/mol. The molecule has 0 aromatic carbocycles. The van der Waals surface area contributed by atoms with Crippen LogP contribution in [-0.2, 0) is 4.84 Å². The van der Waals surface area contributed by atoms with Crippen LogP contribution in [0.5, 0.6) is 0 Å². The molecule has 0 saturated carbocycles. The number of hydrogen-bond donors (Lipinski definition) is 0. The van der Waals surface area contributed by atoms with E-state index in [-0.39, 0.29) is 0 Å². The maximum atomic E-state index is 5.61. The van der Waals surface area contributed by atoms with Crippen molar-refractivity contribution in [1.82, 2.24) is 9.48 Å². The molecule has 0 atom stereocenters. The molecule has 0 spiro atoms. The molecule has 0 radical (unpaired) electrons. The number of hydroxylamine groups is 2. The van der Waals surface area contributed by atoms with Gasteiger partial charge >= 0.3 is 0 Å². The van der Waals surface area contributed by atoms with Gasteiger partial charge in [0.1, 0.15) is 6.67 Å². The lowest BCUT2D eigenvalue weighted by Crippen LogP contribution is -2.33. The van der Waals surface area contributed by atoms with Crippen LogP contribution in [0, 0.1) is 0 Å². The largest absolute Gasteiger partial charge is 0.300 e. The lowest BCUT2D eigenvalue weighted by molar-refractivity contribution is -0.140. The molecular formula is C5H9ClN2O. The molecule has 0 bridgehead atoms. The van der Waals surface area contributed by atoms with Gasteiger partial charge in [0.15, 0.2) is 0 Å². The quantitative estimate of drug-likeness (QED) is 0.512. The standard InChI is InChI=1S/C5H9ClN2O/c1-9-8-4-2-3-7(6)5-8/h2-3H,4-5H2,1H3. The zero-order chi connectivity index (χ0) is 6.69. The summed E-state index contributed by atoms with van der Waals surface area (Å²) in [5, 5.41) is 1.74. The van der Waals surface area contributed by atoms with Gasteiger partial charge in [0.25, 0.3) is 0 Å². The number of rotatable bonds is 1. The number of hydrogen-bond acceptors (Lipinski definition) is 3. The summed E-state index contributed by atoms with van der Waals surface area (Å²) < 4.78 is 1.53.